The van der Waals surface area contributed by atoms with Gasteiger partial charge in [0, 0.05) is 6.04 Å². The van der Waals surface area contributed by atoms with Crippen molar-refractivity contribution in [3.05, 3.63) is 69.1 Å². The number of aryl methyl sites for hydroxylation is 3. The van der Waals surface area contributed by atoms with Gasteiger partial charge >= 0.3 is 0 Å². The van der Waals surface area contributed by atoms with E-state index in [2.05, 4.69) is 20.2 Å². The summed E-state index contributed by atoms with van der Waals surface area (Å²) in [7, 11) is 0. The van der Waals surface area contributed by atoms with E-state index in [0.29, 0.717) is 17.3 Å². The Bertz CT molecular complexity index is 1260. The smallest absolute Gasteiger partial charge is 0.299 e. The molecule has 1 aromatic heterocycles. The highest BCUT2D eigenvalue weighted by Gasteiger charge is 2.32. The number of nitrogens with zero attached hydrogens (tertiary/aromatic N) is 4. The first-order valence-electron chi connectivity index (χ1n) is 11.8. The molecule has 1 saturated heterocycles. The van der Waals surface area contributed by atoms with Crippen molar-refractivity contribution in [2.24, 2.45) is 10.2 Å². The molecular formula is C26H31N5O2. The molecule has 0 bridgehead atoms. The molecule has 7 heteroatoms. The summed E-state index contributed by atoms with van der Waals surface area (Å²) in [5.74, 6) is 0.500. The number of hydrogen-bond acceptors (Lipinski definition) is 5. The zero-order valence-electron chi connectivity index (χ0n) is 19.5. The van der Waals surface area contributed by atoms with E-state index in [1.165, 1.54) is 23.1 Å². The van der Waals surface area contributed by atoms with Gasteiger partial charge in [-0.05, 0) is 100 Å². The third kappa shape index (κ3) is 4.25. The lowest BCUT2D eigenvalue weighted by Crippen LogP contribution is -2.34. The number of benzene rings is 2. The van der Waals surface area contributed by atoms with Crippen LogP contribution in [0.25, 0.3) is 5.69 Å². The molecule has 0 atom stereocenters. The number of H-pyrrole nitrogens is 1. The van der Waals surface area contributed by atoms with E-state index in [1.807, 2.05) is 44.2 Å². The van der Waals surface area contributed by atoms with Gasteiger partial charge in [0.15, 0.2) is 5.69 Å². The minimum atomic E-state index is -0.261. The van der Waals surface area contributed by atoms with Crippen LogP contribution in [-0.2, 0) is 0 Å². The molecule has 2 fully saturated rings. The first kappa shape index (κ1) is 21.6. The third-order valence-corrected chi connectivity index (χ3v) is 7.13. The van der Waals surface area contributed by atoms with Gasteiger partial charge in [-0.3, -0.25) is 9.89 Å². The van der Waals surface area contributed by atoms with Crippen LogP contribution >= 0.6 is 0 Å². The van der Waals surface area contributed by atoms with Gasteiger partial charge in [-0.2, -0.15) is 0 Å². The Hall–Kier alpha value is -3.19. The monoisotopic (exact) mass is 445 g/mol. The van der Waals surface area contributed by atoms with Gasteiger partial charge in [0.2, 0.25) is 0 Å². The third-order valence-electron chi connectivity index (χ3n) is 7.13. The molecule has 0 radical (unpaired) electrons. The fourth-order valence-corrected chi connectivity index (χ4v) is 4.78. The van der Waals surface area contributed by atoms with Gasteiger partial charge in [0.25, 0.3) is 5.56 Å². The van der Waals surface area contributed by atoms with Crippen LogP contribution in [0.2, 0.25) is 0 Å². The Labute approximate surface area is 193 Å². The lowest BCUT2D eigenvalue weighted by atomic mass is 9.88. The molecule has 5 rings (SSSR count). The van der Waals surface area contributed by atoms with Crippen molar-refractivity contribution in [2.75, 3.05) is 13.1 Å². The van der Waals surface area contributed by atoms with Gasteiger partial charge in [-0.15, -0.1) is 10.2 Å². The van der Waals surface area contributed by atoms with E-state index in [-0.39, 0.29) is 17.0 Å². The van der Waals surface area contributed by atoms with Crippen molar-refractivity contribution in [1.82, 2.24) is 14.7 Å². The molecule has 7 nitrogen and oxygen atoms in total. The number of phenolic OH excluding ortho intramolecular Hbond substituents is 1. The Morgan fingerprint density at radius 2 is 1.73 bits per heavy atom. The van der Waals surface area contributed by atoms with Crippen molar-refractivity contribution in [3.8, 4) is 11.4 Å². The summed E-state index contributed by atoms with van der Waals surface area (Å²) in [5, 5.41) is 22.5. The Morgan fingerprint density at radius 3 is 2.42 bits per heavy atom. The molecule has 3 aromatic rings. The minimum Gasteiger partial charge on any atom is -0.505 e. The molecular weight excluding hydrogens is 414 g/mol. The highest BCUT2D eigenvalue weighted by Crippen LogP contribution is 2.41. The number of rotatable bonds is 5. The second-order valence-electron chi connectivity index (χ2n) is 9.45. The minimum absolute atomic E-state index is 0.175. The molecule has 0 spiro atoms. The number of aromatic hydroxyl groups is 1. The maximum atomic E-state index is 13.0. The highest BCUT2D eigenvalue weighted by molar-refractivity contribution is 5.56. The number of nitrogens with one attached hydrogen (secondary N) is 1. The van der Waals surface area contributed by atoms with Crippen LogP contribution in [0.5, 0.6) is 5.75 Å². The fraction of sp³-hybridized carbons (Fsp3) is 0.423. The van der Waals surface area contributed by atoms with Crippen LogP contribution in [0.1, 0.15) is 54.0 Å². The molecule has 1 aliphatic heterocycles. The van der Waals surface area contributed by atoms with Crippen molar-refractivity contribution in [2.45, 2.75) is 58.4 Å². The van der Waals surface area contributed by atoms with E-state index < -0.39 is 0 Å². The van der Waals surface area contributed by atoms with Crippen LogP contribution in [0.4, 0.5) is 11.4 Å². The molecule has 2 aromatic carbocycles. The van der Waals surface area contributed by atoms with Crippen LogP contribution in [0.3, 0.4) is 0 Å². The average Bonchev–Trinajstić information content (AvgIpc) is 3.62. The second-order valence-corrected chi connectivity index (χ2v) is 9.45. The molecule has 2 aliphatic rings. The summed E-state index contributed by atoms with van der Waals surface area (Å²) in [5.41, 5.74) is 4.98. The predicted octanol–water partition coefficient (Wildman–Crippen LogP) is 5.55. The molecule has 0 amide bonds. The van der Waals surface area contributed by atoms with Gasteiger partial charge < -0.3 is 10.0 Å². The first-order valence-corrected chi connectivity index (χ1v) is 11.8. The number of hydrogen-bond donors (Lipinski definition) is 2. The molecule has 33 heavy (non-hydrogen) atoms. The molecule has 1 aliphatic carbocycles. The number of aromatic amines is 1. The summed E-state index contributed by atoms with van der Waals surface area (Å²) in [4.78, 5) is 15.6. The molecule has 2 heterocycles. The summed E-state index contributed by atoms with van der Waals surface area (Å²) < 4.78 is 1.49. The lowest BCUT2D eigenvalue weighted by molar-refractivity contribution is 0.202. The maximum absolute atomic E-state index is 13.0. The normalized spacial score (nSPS) is 17.8. The number of piperidine rings is 1. The van der Waals surface area contributed by atoms with Crippen molar-refractivity contribution < 1.29 is 5.11 Å². The van der Waals surface area contributed by atoms with Crippen LogP contribution in [-0.4, -0.2) is 38.9 Å². The molecule has 172 valence electrons. The van der Waals surface area contributed by atoms with Crippen molar-refractivity contribution >= 4 is 11.4 Å². The van der Waals surface area contributed by atoms with Crippen molar-refractivity contribution in [1.29, 1.82) is 0 Å². The van der Waals surface area contributed by atoms with Gasteiger partial charge in [0.05, 0.1) is 11.4 Å². The Balaban J connectivity index is 1.38. The zero-order valence-corrected chi connectivity index (χ0v) is 19.5. The standard InChI is InChI=1S/C26H31N5O2/c1-16-7-8-21(15-17(16)2)31-26(33)24(18(3)29-31)28-27-23-6-4-5-22(25(23)32)19-11-13-30(14-12-19)20-9-10-20/h4-8,15,19-20,29,32H,9-14H2,1-3H3. The average molecular weight is 446 g/mol. The zero-order chi connectivity index (χ0) is 23.1. The van der Waals surface area contributed by atoms with Crippen molar-refractivity contribution in [3.63, 3.8) is 0 Å². The SMILES string of the molecule is Cc1ccc(-n2[nH]c(C)c(N=Nc3cccc(C4CCN(C5CC5)CC4)c3O)c2=O)cc1C. The van der Waals surface area contributed by atoms with E-state index in [9.17, 15) is 9.90 Å². The van der Waals surface area contributed by atoms with Crippen LogP contribution in [0, 0.1) is 20.8 Å². The van der Waals surface area contributed by atoms with Gasteiger partial charge in [0.1, 0.15) is 11.4 Å². The van der Waals surface area contributed by atoms with E-state index in [1.54, 1.807) is 13.0 Å². The number of phenols is 1. The quantitative estimate of drug-likeness (QED) is 0.505. The van der Waals surface area contributed by atoms with Crippen LogP contribution < -0.4 is 5.56 Å². The highest BCUT2D eigenvalue weighted by atomic mass is 16.3. The maximum Gasteiger partial charge on any atom is 0.299 e. The summed E-state index contributed by atoms with van der Waals surface area (Å²) in [6.45, 7) is 8.03. The summed E-state index contributed by atoms with van der Waals surface area (Å²) in [6.07, 6.45) is 4.75. The number of likely N-dealkylation sites (tertiary alicyclic amines) is 1. The van der Waals surface area contributed by atoms with Gasteiger partial charge in [-0.1, -0.05) is 18.2 Å². The number of para-hydroxylation sites is 1. The predicted molar refractivity (Wildman–Crippen MR) is 129 cm³/mol. The fourth-order valence-electron chi connectivity index (χ4n) is 4.78. The first-order chi connectivity index (χ1) is 15.9. The lowest BCUT2D eigenvalue weighted by Gasteiger charge is -2.32. The largest absolute Gasteiger partial charge is 0.505 e. The Kier molecular flexibility index (Phi) is 5.66. The summed E-state index contributed by atoms with van der Waals surface area (Å²) >= 11 is 0. The molecule has 1 saturated carbocycles. The molecule has 0 unspecified atom stereocenters. The number of aromatic nitrogens is 2. The topological polar surface area (TPSA) is 86.0 Å². The van der Waals surface area contributed by atoms with Gasteiger partial charge in [-0.25, -0.2) is 4.68 Å². The second kappa shape index (κ2) is 8.63. The van der Waals surface area contributed by atoms with Crippen LogP contribution in [0.15, 0.2) is 51.4 Å². The number of azo groups is 1. The van der Waals surface area contributed by atoms with E-state index >= 15 is 0 Å². The molecule has 2 N–H and O–H groups in total. The Morgan fingerprint density at radius 1 is 0.970 bits per heavy atom. The van der Waals surface area contributed by atoms with E-state index in [4.69, 9.17) is 0 Å². The summed E-state index contributed by atoms with van der Waals surface area (Å²) in [6, 6.07) is 12.3. The van der Waals surface area contributed by atoms with E-state index in [0.717, 1.165) is 48.8 Å².